The summed E-state index contributed by atoms with van der Waals surface area (Å²) >= 11 is 0. The maximum atomic E-state index is 9.74. The Kier molecular flexibility index (Phi) is 6.69. The van der Waals surface area contributed by atoms with E-state index >= 15 is 0 Å². The van der Waals surface area contributed by atoms with Crippen LogP contribution in [0.4, 0.5) is 0 Å². The minimum atomic E-state index is -1.54. The number of nitrogens with two attached hydrogens (primary N) is 1. The largest absolute Gasteiger partial charge is 1.00 e. The molecule has 0 fully saturated rings. The maximum Gasteiger partial charge on any atom is 1.00 e. The molecule has 0 heterocycles. The molecule has 0 rings (SSSR count). The number of rotatable bonds is 3. The Labute approximate surface area is 72.7 Å². The van der Waals surface area contributed by atoms with Gasteiger partial charge in [0.2, 0.25) is 0 Å². The molecule has 0 saturated carbocycles. The van der Waals surface area contributed by atoms with Crippen molar-refractivity contribution in [3.05, 3.63) is 0 Å². The van der Waals surface area contributed by atoms with E-state index in [0.717, 1.165) is 0 Å². The Hall–Kier alpha value is -0.360. The Morgan fingerprint density at radius 3 is 2.10 bits per heavy atom. The summed E-state index contributed by atoms with van der Waals surface area (Å²) in [5.74, 6) is -2.79. The van der Waals surface area contributed by atoms with Crippen molar-refractivity contribution in [2.24, 2.45) is 5.73 Å². The van der Waals surface area contributed by atoms with Crippen LogP contribution in [0.15, 0.2) is 0 Å². The van der Waals surface area contributed by atoms with E-state index < -0.39 is 24.4 Å². The fraction of sp³-hybridized carbons (Fsp3) is 0.500. The number of carbonyl (C=O) groups excluding carboxylic acids is 1. The van der Waals surface area contributed by atoms with Gasteiger partial charge in [-0.2, -0.15) is 0 Å². The van der Waals surface area contributed by atoms with Gasteiger partial charge in [-0.3, -0.25) is 4.79 Å². The summed E-state index contributed by atoms with van der Waals surface area (Å²) in [5, 5.41) is 17.7. The van der Waals surface area contributed by atoms with E-state index in [1.165, 1.54) is 0 Å². The third-order valence-corrected chi connectivity index (χ3v) is 0.697. The zero-order valence-electron chi connectivity index (χ0n) is 4.84. The van der Waals surface area contributed by atoms with Crippen LogP contribution in [0.25, 0.3) is 0 Å². The summed E-state index contributed by atoms with van der Waals surface area (Å²) < 4.78 is 0. The third-order valence-electron chi connectivity index (χ3n) is 0.697. The van der Waals surface area contributed by atoms with Crippen LogP contribution in [0.3, 0.4) is 0 Å². The molecule has 0 unspecified atom stereocenters. The molecule has 3 N–H and O–H groups in total. The smallest absolute Gasteiger partial charge is 0.548 e. The second-order valence-electron chi connectivity index (χ2n) is 1.52. The van der Waals surface area contributed by atoms with Gasteiger partial charge in [-0.25, -0.2) is 0 Å². The zero-order valence-corrected chi connectivity index (χ0v) is 6.32. The van der Waals surface area contributed by atoms with Gasteiger partial charge in [-0.15, -0.1) is 0 Å². The van der Waals surface area contributed by atoms with Crippen molar-refractivity contribution >= 4 is 11.9 Å². The average molecular weight is 240 g/mol. The quantitative estimate of drug-likeness (QED) is 0.532. The number of carboxylic acid groups (broad SMARTS) is 2. The van der Waals surface area contributed by atoms with Crippen LogP contribution >= 0.6 is 0 Å². The number of hydrogen-bond donors (Lipinski definition) is 2. The predicted octanol–water partition coefficient (Wildman–Crippen LogP) is -2.46. The van der Waals surface area contributed by atoms with Gasteiger partial charge in [0, 0.05) is 0 Å². The van der Waals surface area contributed by atoms with E-state index in [1.54, 1.807) is 0 Å². The number of carboxylic acids is 2. The second kappa shape index (κ2) is 5.43. The van der Waals surface area contributed by atoms with Crippen LogP contribution in [0.5, 0.6) is 0 Å². The normalized spacial score (nSPS) is 11.3. The summed E-state index contributed by atoms with van der Waals surface area (Å²) in [5.41, 5.74) is 4.77. The summed E-state index contributed by atoms with van der Waals surface area (Å²) in [6.45, 7) is 0. The summed E-state index contributed by atoms with van der Waals surface area (Å²) in [6, 6.07) is -1.40. The van der Waals surface area contributed by atoms with Crippen molar-refractivity contribution in [3.8, 4) is 0 Å². The van der Waals surface area contributed by atoms with E-state index in [9.17, 15) is 14.7 Å². The van der Waals surface area contributed by atoms with Crippen molar-refractivity contribution in [1.29, 1.82) is 0 Å². The fourth-order valence-corrected chi connectivity index (χ4v) is 0.271. The van der Waals surface area contributed by atoms with Crippen molar-refractivity contribution in [2.45, 2.75) is 12.5 Å². The zero-order chi connectivity index (χ0) is 7.44. The molecule has 5 nitrogen and oxygen atoms in total. The van der Waals surface area contributed by atoms with Crippen LogP contribution in [0.1, 0.15) is 6.42 Å². The first kappa shape index (κ1) is 12.3. The molecule has 6 heteroatoms. The monoisotopic (exact) mass is 239 g/mol. The molecular weight excluding hydrogens is 234 g/mol. The van der Waals surface area contributed by atoms with Crippen LogP contribution in [0, 0.1) is 0 Å². The molecule has 62 valence electrons. The molecule has 10 heavy (non-hydrogen) atoms. The summed E-state index contributed by atoms with van der Waals surface area (Å²) in [4.78, 5) is 19.5. The minimum absolute atomic E-state index is 0. The molecule has 0 bridgehead atoms. The standard InChI is InChI=1S/C4H7NO4.Ag/c5-2(4(8)9)1-3(6)7;/h2H,1,5H2,(H,6,7)(H,8,9);/q;+1/p-1/t2-;/m0./s1. The molecule has 0 aliphatic carbocycles. The molecule has 0 amide bonds. The van der Waals surface area contributed by atoms with Crippen LogP contribution in [-0.4, -0.2) is 23.1 Å². The molecule has 0 radical (unpaired) electrons. The Morgan fingerprint density at radius 2 is 2.00 bits per heavy atom. The molecule has 0 aromatic rings. The number of aliphatic carboxylic acids is 2. The van der Waals surface area contributed by atoms with Gasteiger partial charge >= 0.3 is 28.3 Å². The van der Waals surface area contributed by atoms with E-state index in [1.807, 2.05) is 0 Å². The second-order valence-corrected chi connectivity index (χ2v) is 1.52. The van der Waals surface area contributed by atoms with Crippen molar-refractivity contribution < 1.29 is 42.2 Å². The van der Waals surface area contributed by atoms with Crippen molar-refractivity contribution in [1.82, 2.24) is 0 Å². The summed E-state index contributed by atoms with van der Waals surface area (Å²) in [7, 11) is 0. The van der Waals surface area contributed by atoms with Gasteiger partial charge in [0.1, 0.15) is 0 Å². The van der Waals surface area contributed by atoms with Crippen LogP contribution in [0.2, 0.25) is 0 Å². The third kappa shape index (κ3) is 5.77. The molecular formula is C4H6AgNO4. The van der Waals surface area contributed by atoms with E-state index in [4.69, 9.17) is 10.8 Å². The number of carbonyl (C=O) groups is 2. The topological polar surface area (TPSA) is 103 Å². The van der Waals surface area contributed by atoms with Gasteiger partial charge in [0.15, 0.2) is 0 Å². The molecule has 0 spiro atoms. The Morgan fingerprint density at radius 1 is 1.60 bits per heavy atom. The van der Waals surface area contributed by atoms with Gasteiger partial charge in [0.25, 0.3) is 0 Å². The maximum absolute atomic E-state index is 9.74. The molecule has 0 aliphatic rings. The predicted molar refractivity (Wildman–Crippen MR) is 25.2 cm³/mol. The SMILES string of the molecule is N[C@@H](CC(=O)O)C(=O)[O-].[Ag+]. The molecule has 0 aromatic carbocycles. The van der Waals surface area contributed by atoms with Gasteiger partial charge in [0.05, 0.1) is 18.4 Å². The van der Waals surface area contributed by atoms with Crippen molar-refractivity contribution in [2.75, 3.05) is 0 Å². The number of hydrogen-bond acceptors (Lipinski definition) is 4. The van der Waals surface area contributed by atoms with Gasteiger partial charge in [-0.1, -0.05) is 0 Å². The molecule has 1 atom stereocenters. The first-order chi connectivity index (χ1) is 4.04. The minimum Gasteiger partial charge on any atom is -0.548 e. The fourth-order valence-electron chi connectivity index (χ4n) is 0.271. The van der Waals surface area contributed by atoms with Gasteiger partial charge < -0.3 is 20.7 Å². The first-order valence-corrected chi connectivity index (χ1v) is 2.22. The molecule has 0 aromatic heterocycles. The van der Waals surface area contributed by atoms with E-state index in [-0.39, 0.29) is 22.4 Å². The molecule has 0 aliphatic heterocycles. The van der Waals surface area contributed by atoms with Crippen molar-refractivity contribution in [3.63, 3.8) is 0 Å². The first-order valence-electron chi connectivity index (χ1n) is 2.22. The Balaban J connectivity index is 0. The van der Waals surface area contributed by atoms with Gasteiger partial charge in [-0.05, 0) is 0 Å². The van der Waals surface area contributed by atoms with E-state index in [2.05, 4.69) is 0 Å². The van der Waals surface area contributed by atoms with Crippen LogP contribution < -0.4 is 10.8 Å². The average Bonchev–Trinajstić information content (AvgIpc) is 1.63. The molecule has 0 saturated heterocycles. The summed E-state index contributed by atoms with van der Waals surface area (Å²) in [6.07, 6.45) is -0.595. The van der Waals surface area contributed by atoms with E-state index in [0.29, 0.717) is 0 Å². The Bertz CT molecular complexity index is 137. The van der Waals surface area contributed by atoms with Crippen LogP contribution in [-0.2, 0) is 32.0 Å².